The fraction of sp³-hybridized carbons (Fsp3) is 0.786. The second kappa shape index (κ2) is 5.11. The molecule has 0 heterocycles. The number of ketones is 3. The molecular formula is C14H22O3. The van der Waals surface area contributed by atoms with Crippen LogP contribution in [0.15, 0.2) is 0 Å². The van der Waals surface area contributed by atoms with E-state index in [-0.39, 0.29) is 23.3 Å². The Morgan fingerprint density at radius 3 is 2.12 bits per heavy atom. The molecule has 1 fully saturated rings. The molecule has 0 aromatic rings. The van der Waals surface area contributed by atoms with Crippen LogP contribution in [0.2, 0.25) is 0 Å². The lowest BCUT2D eigenvalue weighted by molar-refractivity contribution is -0.130. The summed E-state index contributed by atoms with van der Waals surface area (Å²) >= 11 is 0. The number of rotatable bonds is 7. The molecule has 0 radical (unpaired) electrons. The Kier molecular flexibility index (Phi) is 4.23. The molecule has 0 aromatic carbocycles. The van der Waals surface area contributed by atoms with Gasteiger partial charge >= 0.3 is 0 Å². The van der Waals surface area contributed by atoms with Crippen LogP contribution in [-0.4, -0.2) is 17.3 Å². The maximum absolute atomic E-state index is 12.0. The molecule has 0 spiro atoms. The molecule has 0 aliphatic heterocycles. The first-order valence-electron chi connectivity index (χ1n) is 6.27. The molecule has 3 nitrogen and oxygen atoms in total. The summed E-state index contributed by atoms with van der Waals surface area (Å²) in [6, 6.07) is 0. The van der Waals surface area contributed by atoms with Crippen molar-refractivity contribution in [2.75, 3.05) is 0 Å². The summed E-state index contributed by atoms with van der Waals surface area (Å²) in [5.41, 5.74) is -0.398. The van der Waals surface area contributed by atoms with Gasteiger partial charge in [-0.05, 0) is 32.6 Å². The van der Waals surface area contributed by atoms with Gasteiger partial charge in [0.15, 0.2) is 0 Å². The molecule has 1 aliphatic rings. The quantitative estimate of drug-likeness (QED) is 0.685. The normalized spacial score (nSPS) is 23.3. The van der Waals surface area contributed by atoms with Crippen LogP contribution >= 0.6 is 0 Å². The molecule has 3 heteroatoms. The minimum Gasteiger partial charge on any atom is -0.300 e. The zero-order chi connectivity index (χ0) is 13.2. The van der Waals surface area contributed by atoms with Gasteiger partial charge < -0.3 is 4.79 Å². The number of hydrogen-bond donors (Lipinski definition) is 0. The third-order valence-electron chi connectivity index (χ3n) is 3.68. The van der Waals surface area contributed by atoms with Crippen LogP contribution in [0.3, 0.4) is 0 Å². The van der Waals surface area contributed by atoms with Gasteiger partial charge in [-0.1, -0.05) is 13.8 Å². The molecule has 0 saturated heterocycles. The summed E-state index contributed by atoms with van der Waals surface area (Å²) in [6.07, 6.45) is 2.37. The summed E-state index contributed by atoms with van der Waals surface area (Å²) in [7, 11) is 0. The third kappa shape index (κ3) is 4.06. The first-order valence-corrected chi connectivity index (χ1v) is 6.27. The number of carbonyl (C=O) groups is 3. The smallest absolute Gasteiger partial charge is 0.138 e. The first-order chi connectivity index (χ1) is 7.74. The average molecular weight is 238 g/mol. The van der Waals surface area contributed by atoms with Crippen molar-refractivity contribution in [3.63, 3.8) is 0 Å². The highest BCUT2D eigenvalue weighted by molar-refractivity contribution is 5.88. The number of carbonyl (C=O) groups excluding carboxylic acids is 3. The van der Waals surface area contributed by atoms with Gasteiger partial charge in [-0.25, -0.2) is 0 Å². The van der Waals surface area contributed by atoms with Gasteiger partial charge in [-0.3, -0.25) is 9.59 Å². The molecule has 1 rings (SSSR count). The van der Waals surface area contributed by atoms with Gasteiger partial charge in [0, 0.05) is 24.2 Å². The van der Waals surface area contributed by atoms with E-state index in [0.29, 0.717) is 18.8 Å². The van der Waals surface area contributed by atoms with Crippen molar-refractivity contribution >= 4 is 17.3 Å². The third-order valence-corrected chi connectivity index (χ3v) is 3.68. The van der Waals surface area contributed by atoms with E-state index in [1.54, 1.807) is 6.92 Å². The molecule has 1 saturated carbocycles. The van der Waals surface area contributed by atoms with Crippen molar-refractivity contribution in [2.45, 2.75) is 53.4 Å². The molecular weight excluding hydrogens is 216 g/mol. The van der Waals surface area contributed by atoms with Gasteiger partial charge in [0.1, 0.15) is 17.3 Å². The lowest BCUT2D eigenvalue weighted by Crippen LogP contribution is -2.25. The summed E-state index contributed by atoms with van der Waals surface area (Å²) in [6.45, 7) is 6.97. The molecule has 96 valence electrons. The lowest BCUT2D eigenvalue weighted by Gasteiger charge is -2.22. The van der Waals surface area contributed by atoms with Gasteiger partial charge in [-0.2, -0.15) is 0 Å². The standard InChI is InChI=1S/C14H22O3/c1-9(15)5-6-13(17)14(3,4)8-11-7-12(11)10(2)16/h11-12H,5-8H2,1-4H3. The van der Waals surface area contributed by atoms with Crippen LogP contribution in [0.5, 0.6) is 0 Å². The minimum absolute atomic E-state index is 0.0576. The van der Waals surface area contributed by atoms with E-state index in [1.807, 2.05) is 13.8 Å². The lowest BCUT2D eigenvalue weighted by atomic mass is 9.80. The molecule has 2 unspecified atom stereocenters. The molecule has 0 aromatic heterocycles. The second-order valence-electron chi connectivity index (χ2n) is 5.93. The number of hydrogen-bond acceptors (Lipinski definition) is 3. The van der Waals surface area contributed by atoms with E-state index in [2.05, 4.69) is 0 Å². The van der Waals surface area contributed by atoms with Gasteiger partial charge in [0.2, 0.25) is 0 Å². The Morgan fingerprint density at radius 2 is 1.71 bits per heavy atom. The van der Waals surface area contributed by atoms with Crippen molar-refractivity contribution in [3.05, 3.63) is 0 Å². The van der Waals surface area contributed by atoms with Crippen LogP contribution in [0.4, 0.5) is 0 Å². The average Bonchev–Trinajstić information content (AvgIpc) is 2.92. The van der Waals surface area contributed by atoms with E-state index >= 15 is 0 Å². The minimum atomic E-state index is -0.398. The molecule has 0 amide bonds. The Balaban J connectivity index is 2.43. The Morgan fingerprint density at radius 1 is 1.12 bits per heavy atom. The number of Topliss-reactive ketones (excluding diaryl/α,β-unsaturated/α-hetero) is 3. The molecule has 2 atom stereocenters. The molecule has 1 aliphatic carbocycles. The van der Waals surface area contributed by atoms with Crippen molar-refractivity contribution < 1.29 is 14.4 Å². The van der Waals surface area contributed by atoms with E-state index in [1.165, 1.54) is 6.92 Å². The van der Waals surface area contributed by atoms with Crippen LogP contribution in [0.1, 0.15) is 53.4 Å². The van der Waals surface area contributed by atoms with Crippen molar-refractivity contribution in [1.29, 1.82) is 0 Å². The Bertz CT molecular complexity index is 341. The van der Waals surface area contributed by atoms with Crippen LogP contribution in [0, 0.1) is 17.3 Å². The summed E-state index contributed by atoms with van der Waals surface area (Å²) in [5.74, 6) is 0.990. The SMILES string of the molecule is CC(=O)CCC(=O)C(C)(C)CC1CC1C(C)=O. The zero-order valence-corrected chi connectivity index (χ0v) is 11.2. The molecule has 17 heavy (non-hydrogen) atoms. The topological polar surface area (TPSA) is 51.2 Å². The maximum atomic E-state index is 12.0. The fourth-order valence-corrected chi connectivity index (χ4v) is 2.37. The van der Waals surface area contributed by atoms with E-state index in [9.17, 15) is 14.4 Å². The zero-order valence-electron chi connectivity index (χ0n) is 11.2. The van der Waals surface area contributed by atoms with Gasteiger partial charge in [0.05, 0.1) is 0 Å². The highest BCUT2D eigenvalue weighted by atomic mass is 16.1. The fourth-order valence-electron chi connectivity index (χ4n) is 2.37. The van der Waals surface area contributed by atoms with Crippen LogP contribution in [0.25, 0.3) is 0 Å². The van der Waals surface area contributed by atoms with E-state index in [4.69, 9.17) is 0 Å². The molecule has 0 bridgehead atoms. The Labute approximate surface area is 103 Å². The van der Waals surface area contributed by atoms with Crippen LogP contribution < -0.4 is 0 Å². The highest BCUT2D eigenvalue weighted by Gasteiger charge is 2.44. The van der Waals surface area contributed by atoms with E-state index < -0.39 is 5.41 Å². The predicted octanol–water partition coefficient (Wildman–Crippen LogP) is 2.57. The monoisotopic (exact) mass is 238 g/mol. The maximum Gasteiger partial charge on any atom is 0.138 e. The van der Waals surface area contributed by atoms with Gasteiger partial charge in [0.25, 0.3) is 0 Å². The van der Waals surface area contributed by atoms with Crippen LogP contribution in [-0.2, 0) is 14.4 Å². The van der Waals surface area contributed by atoms with Crippen molar-refractivity contribution in [2.24, 2.45) is 17.3 Å². The highest BCUT2D eigenvalue weighted by Crippen LogP contribution is 2.47. The summed E-state index contributed by atoms with van der Waals surface area (Å²) in [5, 5.41) is 0. The Hall–Kier alpha value is -0.990. The molecule has 0 N–H and O–H groups in total. The van der Waals surface area contributed by atoms with Crippen molar-refractivity contribution in [1.82, 2.24) is 0 Å². The summed E-state index contributed by atoms with van der Waals surface area (Å²) in [4.78, 5) is 34.0. The summed E-state index contributed by atoms with van der Waals surface area (Å²) < 4.78 is 0. The predicted molar refractivity (Wildman–Crippen MR) is 65.6 cm³/mol. The first kappa shape index (κ1) is 14.1. The second-order valence-corrected chi connectivity index (χ2v) is 5.93. The van der Waals surface area contributed by atoms with Gasteiger partial charge in [-0.15, -0.1) is 0 Å². The van der Waals surface area contributed by atoms with Crippen molar-refractivity contribution in [3.8, 4) is 0 Å². The largest absolute Gasteiger partial charge is 0.300 e. The van der Waals surface area contributed by atoms with E-state index in [0.717, 1.165) is 12.8 Å².